The third-order valence-electron chi connectivity index (χ3n) is 5.30. The molecule has 0 aromatic heterocycles. The molecule has 0 atom stereocenters. The maximum Gasteiger partial charge on any atom is 0.251 e. The fraction of sp³-hybridized carbons (Fsp3) is 0.435. The number of hydrogen-bond acceptors (Lipinski definition) is 4. The number of rotatable bonds is 7. The average Bonchev–Trinajstić information content (AvgIpc) is 2.71. The predicted octanol–water partition coefficient (Wildman–Crippen LogP) is 3.80. The van der Waals surface area contributed by atoms with Crippen LogP contribution in [0.25, 0.3) is 0 Å². The van der Waals surface area contributed by atoms with Gasteiger partial charge in [-0.3, -0.25) is 9.69 Å². The molecule has 1 saturated heterocycles. The Morgan fingerprint density at radius 3 is 2.57 bits per heavy atom. The Labute approximate surface area is 167 Å². The van der Waals surface area contributed by atoms with Crippen LogP contribution in [0.5, 0.6) is 11.5 Å². The molecule has 0 radical (unpaired) electrons. The number of carbonyl (C=O) groups excluding carboxylic acids is 1. The van der Waals surface area contributed by atoms with Crippen molar-refractivity contribution in [2.75, 3.05) is 26.8 Å². The zero-order chi connectivity index (χ0) is 19.9. The number of nitrogens with one attached hydrogen (secondary N) is 1. The first-order chi connectivity index (χ1) is 13.6. The maximum absolute atomic E-state index is 12.7. The van der Waals surface area contributed by atoms with Crippen LogP contribution in [0.2, 0.25) is 0 Å². The number of carbonyl (C=O) groups is 1. The van der Waals surface area contributed by atoms with Gasteiger partial charge in [0.05, 0.1) is 13.7 Å². The Morgan fingerprint density at radius 2 is 1.89 bits per heavy atom. The number of likely N-dealkylation sites (tertiary alicyclic amines) is 1. The van der Waals surface area contributed by atoms with Crippen LogP contribution in [-0.4, -0.2) is 43.7 Å². The second-order valence-electron chi connectivity index (χ2n) is 7.25. The molecule has 28 heavy (non-hydrogen) atoms. The van der Waals surface area contributed by atoms with Gasteiger partial charge in [0.1, 0.15) is 0 Å². The van der Waals surface area contributed by atoms with E-state index in [4.69, 9.17) is 9.47 Å². The number of piperidine rings is 1. The first-order valence-corrected chi connectivity index (χ1v) is 9.99. The lowest BCUT2D eigenvalue weighted by molar-refractivity contribution is 0.0908. The van der Waals surface area contributed by atoms with Gasteiger partial charge in [0, 0.05) is 31.2 Å². The number of benzene rings is 2. The van der Waals surface area contributed by atoms with Crippen molar-refractivity contribution in [3.05, 3.63) is 59.2 Å². The Hall–Kier alpha value is -2.53. The summed E-state index contributed by atoms with van der Waals surface area (Å²) in [6.45, 7) is 7.56. The number of nitrogens with zero attached hydrogens (tertiary/aromatic N) is 1. The van der Waals surface area contributed by atoms with Crippen LogP contribution < -0.4 is 14.8 Å². The molecule has 1 fully saturated rings. The minimum atomic E-state index is -0.0547. The summed E-state index contributed by atoms with van der Waals surface area (Å²) in [5.41, 5.74) is 3.32. The second-order valence-corrected chi connectivity index (χ2v) is 7.25. The van der Waals surface area contributed by atoms with Crippen molar-refractivity contribution in [1.82, 2.24) is 10.2 Å². The molecule has 3 rings (SSSR count). The smallest absolute Gasteiger partial charge is 0.251 e. The van der Waals surface area contributed by atoms with E-state index in [9.17, 15) is 4.79 Å². The lowest BCUT2D eigenvalue weighted by Crippen LogP contribution is -2.44. The van der Waals surface area contributed by atoms with Gasteiger partial charge in [-0.25, -0.2) is 0 Å². The molecule has 0 unspecified atom stereocenters. The summed E-state index contributed by atoms with van der Waals surface area (Å²) in [7, 11) is 1.60. The number of amides is 1. The fourth-order valence-electron chi connectivity index (χ4n) is 3.62. The predicted molar refractivity (Wildman–Crippen MR) is 111 cm³/mol. The minimum Gasteiger partial charge on any atom is -0.493 e. The molecule has 0 aliphatic carbocycles. The third kappa shape index (κ3) is 5.04. The van der Waals surface area contributed by atoms with E-state index in [-0.39, 0.29) is 11.9 Å². The summed E-state index contributed by atoms with van der Waals surface area (Å²) < 4.78 is 10.9. The van der Waals surface area contributed by atoms with Gasteiger partial charge < -0.3 is 14.8 Å². The minimum absolute atomic E-state index is 0.0547. The number of hydrogen-bond donors (Lipinski definition) is 1. The van der Waals surface area contributed by atoms with E-state index in [1.54, 1.807) is 25.3 Å². The summed E-state index contributed by atoms with van der Waals surface area (Å²) in [4.78, 5) is 15.1. The summed E-state index contributed by atoms with van der Waals surface area (Å²) in [5, 5.41) is 3.18. The molecule has 1 aliphatic rings. The van der Waals surface area contributed by atoms with Gasteiger partial charge in [0.2, 0.25) is 0 Å². The highest BCUT2D eigenvalue weighted by Gasteiger charge is 2.22. The van der Waals surface area contributed by atoms with Gasteiger partial charge in [0.15, 0.2) is 11.5 Å². The van der Waals surface area contributed by atoms with Crippen LogP contribution in [0, 0.1) is 6.92 Å². The number of methoxy groups -OCH3 is 1. The van der Waals surface area contributed by atoms with Gasteiger partial charge in [-0.05, 0) is 56.0 Å². The highest BCUT2D eigenvalue weighted by Crippen LogP contribution is 2.28. The van der Waals surface area contributed by atoms with E-state index in [2.05, 4.69) is 41.4 Å². The molecule has 1 N–H and O–H groups in total. The molecule has 1 aliphatic heterocycles. The van der Waals surface area contributed by atoms with E-state index >= 15 is 0 Å². The van der Waals surface area contributed by atoms with E-state index < -0.39 is 0 Å². The quantitative estimate of drug-likeness (QED) is 0.791. The normalized spacial score (nSPS) is 15.2. The SMILES string of the molecule is CCOc1cc(C(=O)NC2CCN(Cc3ccccc3C)CC2)ccc1OC. The third-order valence-corrected chi connectivity index (χ3v) is 5.30. The Kier molecular flexibility index (Phi) is 6.93. The summed E-state index contributed by atoms with van der Waals surface area (Å²) >= 11 is 0. The van der Waals surface area contributed by atoms with Gasteiger partial charge in [-0.15, -0.1) is 0 Å². The zero-order valence-electron chi connectivity index (χ0n) is 17.0. The molecular formula is C23H30N2O3. The van der Waals surface area contributed by atoms with Crippen LogP contribution >= 0.6 is 0 Å². The van der Waals surface area contributed by atoms with Crippen LogP contribution in [0.3, 0.4) is 0 Å². The van der Waals surface area contributed by atoms with Crippen molar-refractivity contribution in [3.8, 4) is 11.5 Å². The highest BCUT2D eigenvalue weighted by atomic mass is 16.5. The highest BCUT2D eigenvalue weighted by molar-refractivity contribution is 5.95. The Bertz CT molecular complexity index is 798. The number of aryl methyl sites for hydroxylation is 1. The standard InChI is InChI=1S/C23H30N2O3/c1-4-28-22-15-18(9-10-21(22)27-3)23(26)24-20-11-13-25(14-12-20)16-19-8-6-5-7-17(19)2/h5-10,15,20H,4,11-14,16H2,1-3H3,(H,24,26). The molecule has 5 nitrogen and oxygen atoms in total. The second kappa shape index (κ2) is 9.60. The van der Waals surface area contributed by atoms with E-state index in [1.165, 1.54) is 11.1 Å². The van der Waals surface area contributed by atoms with Gasteiger partial charge >= 0.3 is 0 Å². The van der Waals surface area contributed by atoms with Crippen molar-refractivity contribution in [1.29, 1.82) is 0 Å². The molecule has 0 bridgehead atoms. The molecule has 5 heteroatoms. The molecule has 0 saturated carbocycles. The van der Waals surface area contributed by atoms with Gasteiger partial charge in [0.25, 0.3) is 5.91 Å². The Morgan fingerprint density at radius 1 is 1.14 bits per heavy atom. The lowest BCUT2D eigenvalue weighted by atomic mass is 10.0. The molecule has 1 amide bonds. The maximum atomic E-state index is 12.7. The topological polar surface area (TPSA) is 50.8 Å². The first kappa shape index (κ1) is 20.2. The zero-order valence-corrected chi connectivity index (χ0v) is 17.0. The fourth-order valence-corrected chi connectivity index (χ4v) is 3.62. The van der Waals surface area contributed by atoms with Crippen LogP contribution in [0.4, 0.5) is 0 Å². The Balaban J connectivity index is 1.54. The summed E-state index contributed by atoms with van der Waals surface area (Å²) in [6.07, 6.45) is 1.93. The van der Waals surface area contributed by atoms with Crippen molar-refractivity contribution in [2.45, 2.75) is 39.3 Å². The molecule has 150 valence electrons. The van der Waals surface area contributed by atoms with Crippen LogP contribution in [0.15, 0.2) is 42.5 Å². The van der Waals surface area contributed by atoms with Crippen molar-refractivity contribution in [3.63, 3.8) is 0 Å². The van der Waals surface area contributed by atoms with Crippen LogP contribution in [0.1, 0.15) is 41.3 Å². The van der Waals surface area contributed by atoms with Crippen LogP contribution in [-0.2, 0) is 6.54 Å². The van der Waals surface area contributed by atoms with Crippen molar-refractivity contribution < 1.29 is 14.3 Å². The van der Waals surface area contributed by atoms with Crippen molar-refractivity contribution in [2.24, 2.45) is 0 Å². The first-order valence-electron chi connectivity index (χ1n) is 9.99. The number of ether oxygens (including phenoxy) is 2. The average molecular weight is 383 g/mol. The molecular weight excluding hydrogens is 352 g/mol. The van der Waals surface area contributed by atoms with Gasteiger partial charge in [-0.1, -0.05) is 24.3 Å². The molecule has 2 aromatic carbocycles. The van der Waals surface area contributed by atoms with Crippen molar-refractivity contribution >= 4 is 5.91 Å². The van der Waals surface area contributed by atoms with E-state index in [0.717, 1.165) is 32.5 Å². The summed E-state index contributed by atoms with van der Waals surface area (Å²) in [5.74, 6) is 1.19. The molecule has 1 heterocycles. The molecule has 0 spiro atoms. The largest absolute Gasteiger partial charge is 0.493 e. The monoisotopic (exact) mass is 382 g/mol. The summed E-state index contributed by atoms with van der Waals surface area (Å²) in [6, 6.07) is 14.1. The van der Waals surface area contributed by atoms with E-state index in [1.807, 2.05) is 6.92 Å². The molecule has 2 aromatic rings. The van der Waals surface area contributed by atoms with E-state index in [0.29, 0.717) is 23.7 Å². The lowest BCUT2D eigenvalue weighted by Gasteiger charge is -2.32. The van der Waals surface area contributed by atoms with Gasteiger partial charge in [-0.2, -0.15) is 0 Å².